The Morgan fingerprint density at radius 2 is 1.94 bits per heavy atom. The predicted molar refractivity (Wildman–Crippen MR) is 77.6 cm³/mol. The fourth-order valence-corrected chi connectivity index (χ4v) is 3.22. The molecule has 18 heavy (non-hydrogen) atoms. The van der Waals surface area contributed by atoms with Gasteiger partial charge >= 0.3 is 0 Å². The molecular weight excluding hydrogens is 218 g/mol. The van der Waals surface area contributed by atoms with E-state index < -0.39 is 0 Å². The summed E-state index contributed by atoms with van der Waals surface area (Å²) >= 11 is 0. The van der Waals surface area contributed by atoms with E-state index >= 15 is 0 Å². The van der Waals surface area contributed by atoms with E-state index in [2.05, 4.69) is 60.6 Å². The molecule has 2 aromatic rings. The average Bonchev–Trinajstić information content (AvgIpc) is 3.01. The van der Waals surface area contributed by atoms with Crippen LogP contribution in [-0.4, -0.2) is 4.98 Å². The monoisotopic (exact) mass is 237 g/mol. The van der Waals surface area contributed by atoms with Crippen molar-refractivity contribution in [2.24, 2.45) is 11.8 Å². The SMILES string of the molecule is C=C[C@H]1C[C@@H](C=C)[C@H](c2cc3ccccc3[nH]2)C1. The van der Waals surface area contributed by atoms with Gasteiger partial charge in [0.15, 0.2) is 0 Å². The summed E-state index contributed by atoms with van der Waals surface area (Å²) in [6.45, 7) is 7.93. The Morgan fingerprint density at radius 1 is 1.11 bits per heavy atom. The van der Waals surface area contributed by atoms with E-state index in [1.807, 2.05) is 0 Å². The first-order chi connectivity index (χ1) is 8.81. The number of hydrogen-bond donors (Lipinski definition) is 1. The topological polar surface area (TPSA) is 15.8 Å². The number of fused-ring (bicyclic) bond motifs is 1. The first-order valence-electron chi connectivity index (χ1n) is 6.64. The summed E-state index contributed by atoms with van der Waals surface area (Å²) in [6.07, 6.45) is 6.58. The molecule has 1 heterocycles. The molecule has 1 N–H and O–H groups in total. The van der Waals surface area contributed by atoms with Crippen molar-refractivity contribution in [1.82, 2.24) is 4.98 Å². The summed E-state index contributed by atoms with van der Waals surface area (Å²) in [6, 6.07) is 10.8. The number of para-hydroxylation sites is 1. The summed E-state index contributed by atoms with van der Waals surface area (Å²) in [5.41, 5.74) is 2.59. The van der Waals surface area contributed by atoms with Crippen LogP contribution in [0.15, 0.2) is 55.6 Å². The third kappa shape index (κ3) is 1.80. The Bertz CT molecular complexity index is 545. The molecule has 0 bridgehead atoms. The Balaban J connectivity index is 1.97. The number of benzene rings is 1. The second-order valence-electron chi connectivity index (χ2n) is 5.29. The Morgan fingerprint density at radius 3 is 2.67 bits per heavy atom. The number of aromatic nitrogens is 1. The van der Waals surface area contributed by atoms with Gasteiger partial charge in [0, 0.05) is 17.1 Å². The normalized spacial score (nSPS) is 27.4. The first-order valence-corrected chi connectivity index (χ1v) is 6.64. The van der Waals surface area contributed by atoms with Crippen LogP contribution >= 0.6 is 0 Å². The van der Waals surface area contributed by atoms with Crippen molar-refractivity contribution in [3.05, 3.63) is 61.3 Å². The molecular formula is C17H19N. The second-order valence-corrected chi connectivity index (χ2v) is 5.29. The maximum Gasteiger partial charge on any atom is 0.0456 e. The molecule has 1 nitrogen and oxygen atoms in total. The van der Waals surface area contributed by atoms with Gasteiger partial charge in [-0.05, 0) is 42.2 Å². The van der Waals surface area contributed by atoms with Crippen molar-refractivity contribution in [3.63, 3.8) is 0 Å². The highest BCUT2D eigenvalue weighted by molar-refractivity contribution is 5.80. The van der Waals surface area contributed by atoms with Gasteiger partial charge in [-0.2, -0.15) is 0 Å². The van der Waals surface area contributed by atoms with E-state index in [1.165, 1.54) is 29.4 Å². The molecule has 1 saturated carbocycles. The molecule has 0 aliphatic heterocycles. The maximum atomic E-state index is 3.99. The molecule has 1 aliphatic carbocycles. The van der Waals surface area contributed by atoms with Crippen molar-refractivity contribution < 1.29 is 0 Å². The van der Waals surface area contributed by atoms with Gasteiger partial charge in [-0.3, -0.25) is 0 Å². The number of allylic oxidation sites excluding steroid dienone is 2. The van der Waals surface area contributed by atoms with Gasteiger partial charge in [0.1, 0.15) is 0 Å². The molecule has 0 saturated heterocycles. The molecule has 3 rings (SSSR count). The lowest BCUT2D eigenvalue weighted by atomic mass is 9.93. The second kappa shape index (κ2) is 4.49. The van der Waals surface area contributed by atoms with E-state index in [-0.39, 0.29) is 0 Å². The van der Waals surface area contributed by atoms with E-state index in [0.717, 1.165) is 0 Å². The smallest absolute Gasteiger partial charge is 0.0456 e. The van der Waals surface area contributed by atoms with Gasteiger partial charge in [0.2, 0.25) is 0 Å². The van der Waals surface area contributed by atoms with E-state index in [4.69, 9.17) is 0 Å². The standard InChI is InChI=1S/C17H19N/c1-3-12-9-13(4-2)15(10-12)17-11-14-7-5-6-8-16(14)18-17/h3-8,11-13,15,18H,1-2,9-10H2/t12-,13+,15+/m0/s1. The van der Waals surface area contributed by atoms with Crippen LogP contribution in [0, 0.1) is 11.8 Å². The zero-order valence-corrected chi connectivity index (χ0v) is 10.6. The van der Waals surface area contributed by atoms with Crippen LogP contribution in [-0.2, 0) is 0 Å². The van der Waals surface area contributed by atoms with Crippen LogP contribution in [0.3, 0.4) is 0 Å². The molecule has 3 atom stereocenters. The summed E-state index contributed by atoms with van der Waals surface area (Å²) in [5, 5.41) is 1.30. The van der Waals surface area contributed by atoms with Crippen molar-refractivity contribution in [2.45, 2.75) is 18.8 Å². The predicted octanol–water partition coefficient (Wildman–Crippen LogP) is 4.65. The fraction of sp³-hybridized carbons (Fsp3) is 0.294. The molecule has 0 spiro atoms. The van der Waals surface area contributed by atoms with Gasteiger partial charge in [0.05, 0.1) is 0 Å². The summed E-state index contributed by atoms with van der Waals surface area (Å²) in [5.74, 6) is 1.77. The number of rotatable bonds is 3. The third-order valence-corrected chi connectivity index (χ3v) is 4.23. The van der Waals surface area contributed by atoms with Crippen LogP contribution < -0.4 is 0 Å². The fourth-order valence-electron chi connectivity index (χ4n) is 3.22. The largest absolute Gasteiger partial charge is 0.358 e. The molecule has 0 radical (unpaired) electrons. The summed E-state index contributed by atoms with van der Waals surface area (Å²) in [7, 11) is 0. The Hall–Kier alpha value is -1.76. The lowest BCUT2D eigenvalue weighted by Gasteiger charge is -2.13. The Labute approximate surface area is 108 Å². The van der Waals surface area contributed by atoms with Gasteiger partial charge in [0.25, 0.3) is 0 Å². The molecule has 1 aromatic carbocycles. The minimum atomic E-state index is 0.567. The minimum Gasteiger partial charge on any atom is -0.358 e. The van der Waals surface area contributed by atoms with Crippen molar-refractivity contribution in [2.75, 3.05) is 0 Å². The van der Waals surface area contributed by atoms with Crippen LogP contribution in [0.1, 0.15) is 24.5 Å². The summed E-state index contributed by atoms with van der Waals surface area (Å²) < 4.78 is 0. The molecule has 1 fully saturated rings. The molecule has 1 heteroatoms. The van der Waals surface area contributed by atoms with E-state index in [0.29, 0.717) is 17.8 Å². The van der Waals surface area contributed by atoms with Crippen LogP contribution in [0.4, 0.5) is 0 Å². The zero-order chi connectivity index (χ0) is 12.5. The van der Waals surface area contributed by atoms with Gasteiger partial charge in [-0.15, -0.1) is 13.2 Å². The van der Waals surface area contributed by atoms with Gasteiger partial charge < -0.3 is 4.98 Å². The molecule has 0 amide bonds. The molecule has 1 aliphatic rings. The molecule has 1 aromatic heterocycles. The quantitative estimate of drug-likeness (QED) is 0.748. The van der Waals surface area contributed by atoms with Crippen LogP contribution in [0.25, 0.3) is 10.9 Å². The van der Waals surface area contributed by atoms with E-state index in [9.17, 15) is 0 Å². The number of aromatic amines is 1. The Kier molecular flexibility index (Phi) is 2.83. The highest BCUT2D eigenvalue weighted by Crippen LogP contribution is 2.44. The van der Waals surface area contributed by atoms with E-state index in [1.54, 1.807) is 0 Å². The van der Waals surface area contributed by atoms with Crippen molar-refractivity contribution in [3.8, 4) is 0 Å². The molecule has 0 unspecified atom stereocenters. The lowest BCUT2D eigenvalue weighted by molar-refractivity contribution is 0.581. The minimum absolute atomic E-state index is 0.567. The van der Waals surface area contributed by atoms with Crippen LogP contribution in [0.5, 0.6) is 0 Å². The highest BCUT2D eigenvalue weighted by atomic mass is 14.7. The highest BCUT2D eigenvalue weighted by Gasteiger charge is 2.32. The number of H-pyrrole nitrogens is 1. The average molecular weight is 237 g/mol. The molecule has 92 valence electrons. The first kappa shape index (κ1) is 11.3. The van der Waals surface area contributed by atoms with Gasteiger partial charge in [-0.25, -0.2) is 0 Å². The van der Waals surface area contributed by atoms with Crippen molar-refractivity contribution >= 4 is 10.9 Å². The lowest BCUT2D eigenvalue weighted by Crippen LogP contribution is -2.03. The number of hydrogen-bond acceptors (Lipinski definition) is 0. The third-order valence-electron chi connectivity index (χ3n) is 4.23. The maximum absolute atomic E-state index is 3.99. The van der Waals surface area contributed by atoms with Gasteiger partial charge in [-0.1, -0.05) is 30.4 Å². The summed E-state index contributed by atoms with van der Waals surface area (Å²) in [4.78, 5) is 3.56. The van der Waals surface area contributed by atoms with Crippen LogP contribution in [0.2, 0.25) is 0 Å². The van der Waals surface area contributed by atoms with Crippen molar-refractivity contribution in [1.29, 1.82) is 0 Å². The zero-order valence-electron chi connectivity index (χ0n) is 10.6. The number of nitrogens with one attached hydrogen (secondary N) is 1.